The van der Waals surface area contributed by atoms with Crippen LogP contribution in [0.5, 0.6) is 0 Å². The lowest BCUT2D eigenvalue weighted by Crippen LogP contribution is -2.48. The second-order valence-electron chi connectivity index (χ2n) is 4.79. The summed E-state index contributed by atoms with van der Waals surface area (Å²) in [6, 6.07) is 6.80. The van der Waals surface area contributed by atoms with E-state index in [0.29, 0.717) is 10.7 Å². The van der Waals surface area contributed by atoms with E-state index < -0.39 is 17.5 Å². The summed E-state index contributed by atoms with van der Waals surface area (Å²) in [7, 11) is 0. The maximum Gasteiger partial charge on any atom is 0.352 e. The monoisotopic (exact) mass is 310 g/mol. The van der Waals surface area contributed by atoms with Crippen LogP contribution < -0.4 is 5.01 Å². The molecule has 0 saturated carbocycles. The molecule has 0 aliphatic carbocycles. The maximum atomic E-state index is 12.3. The Labute approximate surface area is 127 Å². The Kier molecular flexibility index (Phi) is 4.18. The van der Waals surface area contributed by atoms with E-state index in [1.807, 2.05) is 0 Å². The van der Waals surface area contributed by atoms with E-state index in [-0.39, 0.29) is 18.7 Å². The Bertz CT molecular complexity index is 617. The van der Waals surface area contributed by atoms with Gasteiger partial charge in [-0.15, -0.1) is 0 Å². The highest BCUT2D eigenvalue weighted by molar-refractivity contribution is 6.38. The van der Waals surface area contributed by atoms with Crippen LogP contribution in [0.15, 0.2) is 29.4 Å². The third-order valence-corrected chi connectivity index (χ3v) is 3.56. The lowest BCUT2D eigenvalue weighted by atomic mass is 9.95. The molecule has 1 aromatic rings. The zero-order valence-corrected chi connectivity index (χ0v) is 12.4. The van der Waals surface area contributed by atoms with Gasteiger partial charge in [0.15, 0.2) is 5.54 Å². The molecule has 21 heavy (non-hydrogen) atoms. The van der Waals surface area contributed by atoms with Gasteiger partial charge in [0.2, 0.25) is 0 Å². The molecule has 1 heterocycles. The van der Waals surface area contributed by atoms with Crippen molar-refractivity contribution in [3.05, 3.63) is 29.3 Å². The second kappa shape index (κ2) is 5.73. The van der Waals surface area contributed by atoms with Crippen molar-refractivity contribution in [2.24, 2.45) is 5.10 Å². The minimum absolute atomic E-state index is 0.0492. The summed E-state index contributed by atoms with van der Waals surface area (Å²) < 4.78 is 5.06. The number of aliphatic carboxylic acids is 1. The number of carbonyl (C=O) groups is 2. The fraction of sp³-hybridized carbons (Fsp3) is 0.357. The molecule has 0 radical (unpaired) electrons. The molecule has 1 aromatic carbocycles. The fourth-order valence-electron chi connectivity index (χ4n) is 2.17. The largest absolute Gasteiger partial charge is 0.477 e. The van der Waals surface area contributed by atoms with Gasteiger partial charge in [0.25, 0.3) is 0 Å². The number of para-hydroxylation sites is 1. The molecule has 1 unspecified atom stereocenters. The molecule has 1 N–H and O–H groups in total. The first kappa shape index (κ1) is 15.3. The molecule has 1 atom stereocenters. The molecule has 2 rings (SSSR count). The number of nitrogens with zero attached hydrogens (tertiary/aromatic N) is 2. The highest BCUT2D eigenvalue weighted by atomic mass is 35.5. The van der Waals surface area contributed by atoms with Crippen molar-refractivity contribution in [3.63, 3.8) is 0 Å². The van der Waals surface area contributed by atoms with Gasteiger partial charge >= 0.3 is 11.9 Å². The minimum atomic E-state index is -1.23. The normalized spacial score (nSPS) is 21.1. The molecule has 0 saturated heterocycles. The number of carboxylic acid groups (broad SMARTS) is 1. The number of carbonyl (C=O) groups excluding carboxylic acids is 1. The van der Waals surface area contributed by atoms with Crippen LogP contribution in [0.4, 0.5) is 5.69 Å². The van der Waals surface area contributed by atoms with E-state index in [1.54, 1.807) is 38.1 Å². The van der Waals surface area contributed by atoms with Gasteiger partial charge in [0, 0.05) is 6.42 Å². The van der Waals surface area contributed by atoms with Crippen LogP contribution in [-0.4, -0.2) is 34.9 Å². The van der Waals surface area contributed by atoms with Crippen LogP contribution in [0.1, 0.15) is 20.3 Å². The van der Waals surface area contributed by atoms with Crippen LogP contribution in [-0.2, 0) is 14.3 Å². The molecule has 0 aromatic heterocycles. The van der Waals surface area contributed by atoms with Gasteiger partial charge in [-0.2, -0.15) is 5.10 Å². The van der Waals surface area contributed by atoms with Crippen molar-refractivity contribution in [2.45, 2.75) is 25.8 Å². The number of halogens is 1. The van der Waals surface area contributed by atoms with Crippen molar-refractivity contribution >= 4 is 34.9 Å². The first-order valence-electron chi connectivity index (χ1n) is 6.43. The quantitative estimate of drug-likeness (QED) is 0.863. The van der Waals surface area contributed by atoms with Gasteiger partial charge in [-0.25, -0.2) is 14.6 Å². The predicted molar refractivity (Wildman–Crippen MR) is 78.7 cm³/mol. The molecule has 7 heteroatoms. The van der Waals surface area contributed by atoms with Gasteiger partial charge < -0.3 is 9.84 Å². The van der Waals surface area contributed by atoms with Crippen LogP contribution in [0.3, 0.4) is 0 Å². The van der Waals surface area contributed by atoms with Crippen LogP contribution in [0.2, 0.25) is 5.02 Å². The summed E-state index contributed by atoms with van der Waals surface area (Å²) in [5.74, 6) is -1.70. The molecular formula is C14H15ClN2O4. The third-order valence-electron chi connectivity index (χ3n) is 3.24. The second-order valence-corrected chi connectivity index (χ2v) is 5.19. The molecule has 112 valence electrons. The molecule has 0 fully saturated rings. The van der Waals surface area contributed by atoms with E-state index in [0.717, 1.165) is 0 Å². The number of hydrazone groups is 1. The fourth-order valence-corrected chi connectivity index (χ4v) is 2.39. The van der Waals surface area contributed by atoms with Crippen LogP contribution in [0.25, 0.3) is 0 Å². The number of esters is 1. The summed E-state index contributed by atoms with van der Waals surface area (Å²) in [5.41, 5.74) is -0.870. The number of rotatable bonds is 4. The molecular weight excluding hydrogens is 296 g/mol. The van der Waals surface area contributed by atoms with Gasteiger partial charge in [-0.1, -0.05) is 23.7 Å². The molecule has 6 nitrogen and oxygen atoms in total. The SMILES string of the molecule is CCOC(=O)C1(C)CC(C(=O)O)=NN1c1ccccc1Cl. The third kappa shape index (κ3) is 2.71. The van der Waals surface area contributed by atoms with Crippen molar-refractivity contribution < 1.29 is 19.4 Å². The zero-order chi connectivity index (χ0) is 15.6. The smallest absolute Gasteiger partial charge is 0.352 e. The number of carboxylic acids is 1. The summed E-state index contributed by atoms with van der Waals surface area (Å²) >= 11 is 6.13. The maximum absolute atomic E-state index is 12.3. The number of hydrogen-bond acceptors (Lipinski definition) is 5. The number of anilines is 1. The van der Waals surface area contributed by atoms with Gasteiger partial charge in [0.05, 0.1) is 17.3 Å². The lowest BCUT2D eigenvalue weighted by molar-refractivity contribution is -0.148. The van der Waals surface area contributed by atoms with E-state index in [4.69, 9.17) is 21.4 Å². The van der Waals surface area contributed by atoms with Crippen LogP contribution in [0, 0.1) is 0 Å². The molecule has 1 aliphatic heterocycles. The summed E-state index contributed by atoms with van der Waals surface area (Å²) in [4.78, 5) is 23.4. The Hall–Kier alpha value is -2.08. The van der Waals surface area contributed by atoms with E-state index in [1.165, 1.54) is 5.01 Å². The molecule has 0 amide bonds. The van der Waals surface area contributed by atoms with Crippen LogP contribution >= 0.6 is 11.6 Å². The van der Waals surface area contributed by atoms with Gasteiger partial charge in [-0.3, -0.25) is 0 Å². The summed E-state index contributed by atoms with van der Waals surface area (Å²) in [5, 5.41) is 14.9. The molecule has 0 bridgehead atoms. The summed E-state index contributed by atoms with van der Waals surface area (Å²) in [6.07, 6.45) is -0.0492. The molecule has 1 aliphatic rings. The highest BCUT2D eigenvalue weighted by Crippen LogP contribution is 2.37. The standard InChI is InChI=1S/C14H15ClN2O4/c1-3-21-13(20)14(2)8-10(12(18)19)16-17(14)11-7-5-4-6-9(11)15/h4-7H,3,8H2,1-2H3,(H,18,19). The number of ether oxygens (including phenoxy) is 1. The first-order valence-corrected chi connectivity index (χ1v) is 6.80. The summed E-state index contributed by atoms with van der Waals surface area (Å²) in [6.45, 7) is 3.48. The Morgan fingerprint density at radius 3 is 2.71 bits per heavy atom. The molecule has 0 spiro atoms. The van der Waals surface area contributed by atoms with E-state index in [2.05, 4.69) is 5.10 Å². The van der Waals surface area contributed by atoms with Crippen molar-refractivity contribution in [1.29, 1.82) is 0 Å². The number of hydrogen-bond donors (Lipinski definition) is 1. The lowest BCUT2D eigenvalue weighted by Gasteiger charge is -2.32. The predicted octanol–water partition coefficient (Wildman–Crippen LogP) is 2.31. The zero-order valence-electron chi connectivity index (χ0n) is 11.7. The first-order chi connectivity index (χ1) is 9.90. The average Bonchev–Trinajstić information content (AvgIpc) is 2.79. The Morgan fingerprint density at radius 1 is 1.48 bits per heavy atom. The average molecular weight is 311 g/mol. The Balaban J connectivity index is 2.49. The van der Waals surface area contributed by atoms with Crippen molar-refractivity contribution in [1.82, 2.24) is 0 Å². The minimum Gasteiger partial charge on any atom is -0.477 e. The van der Waals surface area contributed by atoms with E-state index >= 15 is 0 Å². The van der Waals surface area contributed by atoms with Gasteiger partial charge in [-0.05, 0) is 26.0 Å². The Morgan fingerprint density at radius 2 is 2.14 bits per heavy atom. The van der Waals surface area contributed by atoms with Gasteiger partial charge in [0.1, 0.15) is 5.71 Å². The highest BCUT2D eigenvalue weighted by Gasteiger charge is 2.49. The number of benzene rings is 1. The van der Waals surface area contributed by atoms with Crippen molar-refractivity contribution in [3.8, 4) is 0 Å². The van der Waals surface area contributed by atoms with Crippen molar-refractivity contribution in [2.75, 3.05) is 11.6 Å². The van der Waals surface area contributed by atoms with E-state index in [9.17, 15) is 9.59 Å². The topological polar surface area (TPSA) is 79.2 Å².